The van der Waals surface area contributed by atoms with E-state index in [0.717, 1.165) is 17.5 Å². The second-order valence-corrected chi connectivity index (χ2v) is 9.17. The molecule has 4 heterocycles. The van der Waals surface area contributed by atoms with E-state index in [1.807, 2.05) is 6.07 Å². The number of ether oxygens (including phenoxy) is 1. The first-order chi connectivity index (χ1) is 17.3. The standard InChI is InChI=1S/C26H27F2N5O3/c1-16(34)33-13-10-20-21(15-33)29-25(22-4-3-5-24(35)31(22)2)26(30-20)32-11-8-18(9-12-32)36-23-7-6-17(27)14-19(23)28/h3-7,14,18H,8-13,15H2,1-2H3. The third-order valence-electron chi connectivity index (χ3n) is 6.79. The van der Waals surface area contributed by atoms with E-state index in [1.165, 1.54) is 18.2 Å². The molecule has 36 heavy (non-hydrogen) atoms. The Bertz CT molecular complexity index is 1370. The van der Waals surface area contributed by atoms with Gasteiger partial charge in [-0.3, -0.25) is 9.59 Å². The number of carbonyl (C=O) groups excluding carboxylic acids is 1. The summed E-state index contributed by atoms with van der Waals surface area (Å²) >= 11 is 0. The Morgan fingerprint density at radius 1 is 1.06 bits per heavy atom. The lowest BCUT2D eigenvalue weighted by atomic mass is 10.1. The lowest BCUT2D eigenvalue weighted by molar-refractivity contribution is -0.129. The summed E-state index contributed by atoms with van der Waals surface area (Å²) in [5.74, 6) is -0.657. The number of rotatable bonds is 4. The molecule has 0 saturated carbocycles. The number of anilines is 1. The molecule has 0 atom stereocenters. The van der Waals surface area contributed by atoms with Crippen molar-refractivity contribution in [2.45, 2.75) is 38.8 Å². The average molecular weight is 496 g/mol. The minimum absolute atomic E-state index is 0.0140. The molecular weight excluding hydrogens is 468 g/mol. The molecule has 0 radical (unpaired) electrons. The third-order valence-corrected chi connectivity index (χ3v) is 6.79. The van der Waals surface area contributed by atoms with Gasteiger partial charge in [-0.25, -0.2) is 18.7 Å². The molecule has 1 fully saturated rings. The van der Waals surface area contributed by atoms with Crippen molar-refractivity contribution in [2.24, 2.45) is 7.05 Å². The van der Waals surface area contributed by atoms with Gasteiger partial charge in [0.05, 0.1) is 23.6 Å². The predicted octanol–water partition coefficient (Wildman–Crippen LogP) is 3.07. The number of amides is 1. The van der Waals surface area contributed by atoms with Gasteiger partial charge in [-0.2, -0.15) is 0 Å². The fourth-order valence-corrected chi connectivity index (χ4v) is 4.72. The Morgan fingerprint density at radius 3 is 2.56 bits per heavy atom. The van der Waals surface area contributed by atoms with E-state index in [0.29, 0.717) is 62.6 Å². The molecule has 188 valence electrons. The van der Waals surface area contributed by atoms with Crippen LogP contribution in [0.2, 0.25) is 0 Å². The smallest absolute Gasteiger partial charge is 0.250 e. The topological polar surface area (TPSA) is 80.6 Å². The van der Waals surface area contributed by atoms with E-state index in [1.54, 1.807) is 29.5 Å². The van der Waals surface area contributed by atoms with Gasteiger partial charge in [0.15, 0.2) is 17.4 Å². The van der Waals surface area contributed by atoms with E-state index >= 15 is 0 Å². The molecule has 0 spiro atoms. The molecule has 2 aliphatic rings. The van der Waals surface area contributed by atoms with Gasteiger partial charge in [0.1, 0.15) is 17.6 Å². The summed E-state index contributed by atoms with van der Waals surface area (Å²) in [6.45, 7) is 3.69. The molecule has 5 rings (SSSR count). The quantitative estimate of drug-likeness (QED) is 0.554. The van der Waals surface area contributed by atoms with Gasteiger partial charge < -0.3 is 19.1 Å². The molecule has 10 heteroatoms. The van der Waals surface area contributed by atoms with Gasteiger partial charge in [-0.1, -0.05) is 6.07 Å². The van der Waals surface area contributed by atoms with E-state index < -0.39 is 11.6 Å². The largest absolute Gasteiger partial charge is 0.487 e. The summed E-state index contributed by atoms with van der Waals surface area (Å²) in [4.78, 5) is 38.1. The zero-order chi connectivity index (χ0) is 25.4. The summed E-state index contributed by atoms with van der Waals surface area (Å²) in [5, 5.41) is 0. The van der Waals surface area contributed by atoms with Crippen molar-refractivity contribution in [1.29, 1.82) is 0 Å². The van der Waals surface area contributed by atoms with E-state index in [4.69, 9.17) is 14.7 Å². The van der Waals surface area contributed by atoms with Crippen LogP contribution in [0.4, 0.5) is 14.6 Å². The Balaban J connectivity index is 1.44. The molecule has 0 bridgehead atoms. The number of aromatic nitrogens is 3. The van der Waals surface area contributed by atoms with Crippen molar-refractivity contribution in [2.75, 3.05) is 24.5 Å². The highest BCUT2D eigenvalue weighted by molar-refractivity contribution is 5.74. The molecule has 8 nitrogen and oxygen atoms in total. The molecule has 1 saturated heterocycles. The van der Waals surface area contributed by atoms with Crippen LogP contribution in [0.25, 0.3) is 11.4 Å². The van der Waals surface area contributed by atoms with Crippen LogP contribution < -0.4 is 15.2 Å². The summed E-state index contributed by atoms with van der Waals surface area (Å²) in [6, 6.07) is 8.33. The summed E-state index contributed by atoms with van der Waals surface area (Å²) in [7, 11) is 1.70. The van der Waals surface area contributed by atoms with Gasteiger partial charge in [0.2, 0.25) is 5.91 Å². The monoisotopic (exact) mass is 495 g/mol. The fraction of sp³-hybridized carbons (Fsp3) is 0.385. The van der Waals surface area contributed by atoms with Crippen LogP contribution in [0.1, 0.15) is 31.2 Å². The van der Waals surface area contributed by atoms with Crippen LogP contribution >= 0.6 is 0 Å². The van der Waals surface area contributed by atoms with Gasteiger partial charge in [-0.05, 0) is 18.2 Å². The molecule has 2 aliphatic heterocycles. The molecule has 1 aromatic carbocycles. The maximum atomic E-state index is 14.0. The van der Waals surface area contributed by atoms with Crippen molar-refractivity contribution in [3.8, 4) is 17.1 Å². The number of fused-ring (bicyclic) bond motifs is 1. The van der Waals surface area contributed by atoms with Crippen LogP contribution in [0.3, 0.4) is 0 Å². The molecule has 3 aromatic rings. The van der Waals surface area contributed by atoms with Crippen molar-refractivity contribution in [1.82, 2.24) is 19.4 Å². The van der Waals surface area contributed by atoms with Crippen LogP contribution in [0, 0.1) is 11.6 Å². The third kappa shape index (κ3) is 4.67. The lowest BCUT2D eigenvalue weighted by Gasteiger charge is -2.35. The van der Waals surface area contributed by atoms with E-state index in [2.05, 4.69) is 4.90 Å². The molecule has 2 aromatic heterocycles. The average Bonchev–Trinajstić information content (AvgIpc) is 2.87. The number of halogens is 2. The highest BCUT2D eigenvalue weighted by Gasteiger charge is 2.29. The minimum atomic E-state index is -0.718. The number of nitrogens with zero attached hydrogens (tertiary/aromatic N) is 5. The first-order valence-corrected chi connectivity index (χ1v) is 12.0. The van der Waals surface area contributed by atoms with E-state index in [-0.39, 0.29) is 23.3 Å². The number of piperidine rings is 1. The first-order valence-electron chi connectivity index (χ1n) is 12.0. The van der Waals surface area contributed by atoms with Crippen molar-refractivity contribution in [3.05, 3.63) is 69.8 Å². The second kappa shape index (κ2) is 9.67. The Kier molecular flexibility index (Phi) is 6.42. The molecule has 0 aliphatic carbocycles. The zero-order valence-corrected chi connectivity index (χ0v) is 20.2. The van der Waals surface area contributed by atoms with Crippen LogP contribution in [0.15, 0.2) is 41.2 Å². The SMILES string of the molecule is CC(=O)N1CCc2nc(N3CCC(Oc4ccc(F)cc4F)CC3)c(-c3cccc(=O)n3C)nc2C1. The molecule has 1 amide bonds. The number of pyridine rings is 1. The van der Waals surface area contributed by atoms with Crippen molar-refractivity contribution in [3.63, 3.8) is 0 Å². The Labute approximate surface area is 207 Å². The van der Waals surface area contributed by atoms with Gasteiger partial charge >= 0.3 is 0 Å². The normalized spacial score (nSPS) is 16.1. The fourth-order valence-electron chi connectivity index (χ4n) is 4.72. The Morgan fingerprint density at radius 2 is 1.83 bits per heavy atom. The predicted molar refractivity (Wildman–Crippen MR) is 130 cm³/mol. The summed E-state index contributed by atoms with van der Waals surface area (Å²) < 4.78 is 34.6. The van der Waals surface area contributed by atoms with E-state index in [9.17, 15) is 18.4 Å². The van der Waals surface area contributed by atoms with Crippen LogP contribution in [-0.2, 0) is 24.8 Å². The highest BCUT2D eigenvalue weighted by atomic mass is 19.1. The molecule has 0 unspecified atom stereocenters. The van der Waals surface area contributed by atoms with Crippen LogP contribution in [-0.4, -0.2) is 51.1 Å². The maximum absolute atomic E-state index is 14.0. The lowest BCUT2D eigenvalue weighted by Crippen LogP contribution is -2.40. The summed E-state index contributed by atoms with van der Waals surface area (Å²) in [5.41, 5.74) is 2.65. The second-order valence-electron chi connectivity index (χ2n) is 9.17. The van der Waals surface area contributed by atoms with Gasteiger partial charge in [-0.15, -0.1) is 0 Å². The number of carbonyl (C=O) groups is 1. The Hall–Kier alpha value is -3.82. The zero-order valence-electron chi connectivity index (χ0n) is 20.2. The molecule has 0 N–H and O–H groups in total. The number of hydrogen-bond donors (Lipinski definition) is 0. The maximum Gasteiger partial charge on any atom is 0.250 e. The van der Waals surface area contributed by atoms with Crippen molar-refractivity contribution >= 4 is 11.7 Å². The van der Waals surface area contributed by atoms with Crippen molar-refractivity contribution < 1.29 is 18.3 Å². The van der Waals surface area contributed by atoms with Gasteiger partial charge in [0.25, 0.3) is 5.56 Å². The number of benzene rings is 1. The molecular formula is C26H27F2N5O3. The van der Waals surface area contributed by atoms with Gasteiger partial charge in [0, 0.05) is 65.0 Å². The minimum Gasteiger partial charge on any atom is -0.487 e. The highest BCUT2D eigenvalue weighted by Crippen LogP contribution is 2.32. The number of hydrogen-bond acceptors (Lipinski definition) is 6. The summed E-state index contributed by atoms with van der Waals surface area (Å²) in [6.07, 6.45) is 1.61. The van der Waals surface area contributed by atoms with Crippen LogP contribution in [0.5, 0.6) is 5.75 Å². The first kappa shape index (κ1) is 23.9.